The standard InChI is InChI=1S/C23H24N4O5/c1-15(2)32-22(28)13-20(18-11-7-8-12-21(18)27(30)31)25-23(29)19-14-24-26(16(19)3)17-9-5-4-6-10-17/h4-12,14-15,20H,13H2,1-3H3,(H,25,29). The molecule has 1 atom stereocenters. The molecule has 0 spiro atoms. The van der Waals surface area contributed by atoms with Crippen molar-refractivity contribution in [2.45, 2.75) is 39.3 Å². The number of amides is 1. The number of benzene rings is 2. The van der Waals surface area contributed by atoms with Crippen LogP contribution in [0.1, 0.15) is 47.9 Å². The molecule has 0 saturated heterocycles. The smallest absolute Gasteiger partial charge is 0.308 e. The Kier molecular flexibility index (Phi) is 6.99. The summed E-state index contributed by atoms with van der Waals surface area (Å²) >= 11 is 0. The second-order valence-corrected chi connectivity index (χ2v) is 7.48. The Balaban J connectivity index is 1.92. The molecule has 9 heteroatoms. The largest absolute Gasteiger partial charge is 0.463 e. The summed E-state index contributed by atoms with van der Waals surface area (Å²) in [4.78, 5) is 36.4. The van der Waals surface area contributed by atoms with Gasteiger partial charge in [-0.1, -0.05) is 36.4 Å². The molecule has 9 nitrogen and oxygen atoms in total. The third-order valence-electron chi connectivity index (χ3n) is 4.81. The van der Waals surface area contributed by atoms with E-state index in [1.165, 1.54) is 24.4 Å². The predicted octanol–water partition coefficient (Wildman–Crippen LogP) is 3.90. The molecule has 32 heavy (non-hydrogen) atoms. The second-order valence-electron chi connectivity index (χ2n) is 7.48. The Morgan fingerprint density at radius 1 is 1.12 bits per heavy atom. The van der Waals surface area contributed by atoms with Crippen LogP contribution in [-0.4, -0.2) is 32.7 Å². The molecular weight excluding hydrogens is 412 g/mol. The number of nitro benzene ring substituents is 1. The lowest BCUT2D eigenvalue weighted by Crippen LogP contribution is -2.31. The van der Waals surface area contributed by atoms with Gasteiger partial charge in [0.1, 0.15) is 0 Å². The summed E-state index contributed by atoms with van der Waals surface area (Å²) < 4.78 is 6.83. The third-order valence-corrected chi connectivity index (χ3v) is 4.81. The van der Waals surface area contributed by atoms with Crippen molar-refractivity contribution < 1.29 is 19.2 Å². The van der Waals surface area contributed by atoms with Gasteiger partial charge >= 0.3 is 5.97 Å². The zero-order chi connectivity index (χ0) is 23.3. The second kappa shape index (κ2) is 9.86. The van der Waals surface area contributed by atoms with Crippen LogP contribution in [0.25, 0.3) is 5.69 Å². The fourth-order valence-electron chi connectivity index (χ4n) is 3.36. The van der Waals surface area contributed by atoms with E-state index in [1.807, 2.05) is 30.3 Å². The van der Waals surface area contributed by atoms with Crippen LogP contribution < -0.4 is 5.32 Å². The highest BCUT2D eigenvalue weighted by atomic mass is 16.6. The quantitative estimate of drug-likeness (QED) is 0.325. The van der Waals surface area contributed by atoms with E-state index < -0.39 is 22.8 Å². The number of nitrogens with one attached hydrogen (secondary N) is 1. The Bertz CT molecular complexity index is 1120. The molecular formula is C23H24N4O5. The van der Waals surface area contributed by atoms with Crippen molar-refractivity contribution in [3.63, 3.8) is 0 Å². The third kappa shape index (κ3) is 5.18. The average Bonchev–Trinajstić information content (AvgIpc) is 3.14. The van der Waals surface area contributed by atoms with Crippen molar-refractivity contribution >= 4 is 17.6 Å². The minimum Gasteiger partial charge on any atom is -0.463 e. The number of rotatable bonds is 8. The number of esters is 1. The number of hydrogen-bond donors (Lipinski definition) is 1. The maximum Gasteiger partial charge on any atom is 0.308 e. The van der Waals surface area contributed by atoms with Crippen molar-refractivity contribution in [3.05, 3.63) is 87.7 Å². The van der Waals surface area contributed by atoms with Gasteiger partial charge in [-0.3, -0.25) is 19.7 Å². The first-order valence-corrected chi connectivity index (χ1v) is 10.1. The Labute approximate surface area is 185 Å². The molecule has 0 bridgehead atoms. The van der Waals surface area contributed by atoms with Gasteiger partial charge in [0.15, 0.2) is 0 Å². The molecule has 0 aliphatic carbocycles. The maximum absolute atomic E-state index is 13.1. The van der Waals surface area contributed by atoms with Crippen molar-refractivity contribution in [2.75, 3.05) is 0 Å². The molecule has 0 radical (unpaired) electrons. The molecule has 3 rings (SSSR count). The van der Waals surface area contributed by atoms with Crippen LogP contribution >= 0.6 is 0 Å². The molecule has 0 aliphatic rings. The average molecular weight is 436 g/mol. The van der Waals surface area contributed by atoms with Crippen LogP contribution in [0.3, 0.4) is 0 Å². The van der Waals surface area contributed by atoms with Gasteiger partial charge in [0.05, 0.1) is 52.2 Å². The highest BCUT2D eigenvalue weighted by molar-refractivity contribution is 5.95. The van der Waals surface area contributed by atoms with E-state index in [9.17, 15) is 19.7 Å². The molecule has 1 amide bonds. The van der Waals surface area contributed by atoms with Gasteiger partial charge in [0, 0.05) is 6.07 Å². The van der Waals surface area contributed by atoms with E-state index in [0.717, 1.165) is 5.69 Å². The predicted molar refractivity (Wildman–Crippen MR) is 117 cm³/mol. The van der Waals surface area contributed by atoms with Crippen molar-refractivity contribution in [2.24, 2.45) is 0 Å². The zero-order valence-electron chi connectivity index (χ0n) is 18.0. The Hall–Kier alpha value is -4.01. The minimum atomic E-state index is -0.949. The number of nitrogens with zero attached hydrogens (tertiary/aromatic N) is 3. The van der Waals surface area contributed by atoms with Gasteiger partial charge in [-0.05, 0) is 32.9 Å². The van der Waals surface area contributed by atoms with Crippen molar-refractivity contribution in [1.29, 1.82) is 0 Å². The van der Waals surface area contributed by atoms with Crippen LogP contribution in [0.2, 0.25) is 0 Å². The number of ether oxygens (including phenoxy) is 1. The fourth-order valence-corrected chi connectivity index (χ4v) is 3.36. The first-order chi connectivity index (χ1) is 15.3. The molecule has 1 aromatic heterocycles. The minimum absolute atomic E-state index is 0.188. The Morgan fingerprint density at radius 3 is 2.44 bits per heavy atom. The lowest BCUT2D eigenvalue weighted by Gasteiger charge is -2.19. The van der Waals surface area contributed by atoms with Gasteiger partial charge in [-0.2, -0.15) is 5.10 Å². The van der Waals surface area contributed by atoms with E-state index in [0.29, 0.717) is 11.3 Å². The highest BCUT2D eigenvalue weighted by Gasteiger charge is 2.28. The molecule has 0 saturated carbocycles. The van der Waals surface area contributed by atoms with E-state index in [4.69, 9.17) is 4.74 Å². The molecule has 0 fully saturated rings. The summed E-state index contributed by atoms with van der Waals surface area (Å²) in [5, 5.41) is 18.6. The normalized spacial score (nSPS) is 11.8. The topological polar surface area (TPSA) is 116 Å². The maximum atomic E-state index is 13.1. The summed E-state index contributed by atoms with van der Waals surface area (Å²) in [6, 6.07) is 14.4. The van der Waals surface area contributed by atoms with E-state index >= 15 is 0 Å². The number of aromatic nitrogens is 2. The van der Waals surface area contributed by atoms with E-state index in [1.54, 1.807) is 31.5 Å². The van der Waals surface area contributed by atoms with Crippen LogP contribution in [0.15, 0.2) is 60.8 Å². The van der Waals surface area contributed by atoms with Gasteiger partial charge in [-0.15, -0.1) is 0 Å². The number of carbonyl (C=O) groups excluding carboxylic acids is 2. The fraction of sp³-hybridized carbons (Fsp3) is 0.261. The van der Waals surface area contributed by atoms with Gasteiger partial charge in [0.2, 0.25) is 0 Å². The number of para-hydroxylation sites is 2. The van der Waals surface area contributed by atoms with Gasteiger partial charge in [0.25, 0.3) is 11.6 Å². The Morgan fingerprint density at radius 2 is 1.78 bits per heavy atom. The van der Waals surface area contributed by atoms with Crippen LogP contribution in [0, 0.1) is 17.0 Å². The van der Waals surface area contributed by atoms with Crippen LogP contribution in [0.4, 0.5) is 5.69 Å². The zero-order valence-corrected chi connectivity index (χ0v) is 18.0. The number of carbonyl (C=O) groups is 2. The van der Waals surface area contributed by atoms with Crippen LogP contribution in [0.5, 0.6) is 0 Å². The highest BCUT2D eigenvalue weighted by Crippen LogP contribution is 2.28. The molecule has 1 heterocycles. The molecule has 3 aromatic rings. The summed E-state index contributed by atoms with van der Waals surface area (Å²) in [6.45, 7) is 5.16. The summed E-state index contributed by atoms with van der Waals surface area (Å²) in [6.07, 6.45) is 0.831. The lowest BCUT2D eigenvalue weighted by atomic mass is 10.0. The first-order valence-electron chi connectivity index (χ1n) is 10.1. The molecule has 1 N–H and O–H groups in total. The first kappa shape index (κ1) is 22.7. The van der Waals surface area contributed by atoms with Crippen LogP contribution in [-0.2, 0) is 9.53 Å². The number of nitro groups is 1. The van der Waals surface area contributed by atoms with E-state index in [2.05, 4.69) is 10.4 Å². The SMILES string of the molecule is Cc1c(C(=O)NC(CC(=O)OC(C)C)c2ccccc2[N+](=O)[O-])cnn1-c1ccccc1. The van der Waals surface area contributed by atoms with E-state index in [-0.39, 0.29) is 23.8 Å². The molecule has 0 aliphatic heterocycles. The number of hydrogen-bond acceptors (Lipinski definition) is 6. The summed E-state index contributed by atoms with van der Waals surface area (Å²) in [5.74, 6) is -1.06. The lowest BCUT2D eigenvalue weighted by molar-refractivity contribution is -0.385. The summed E-state index contributed by atoms with van der Waals surface area (Å²) in [5.41, 5.74) is 1.72. The molecule has 166 valence electrons. The summed E-state index contributed by atoms with van der Waals surface area (Å²) in [7, 11) is 0. The van der Waals surface area contributed by atoms with Gasteiger partial charge < -0.3 is 10.1 Å². The molecule has 1 unspecified atom stereocenters. The van der Waals surface area contributed by atoms with Gasteiger partial charge in [-0.25, -0.2) is 4.68 Å². The van der Waals surface area contributed by atoms with Crippen molar-refractivity contribution in [1.82, 2.24) is 15.1 Å². The van der Waals surface area contributed by atoms with Crippen molar-refractivity contribution in [3.8, 4) is 5.69 Å². The molecule has 2 aromatic carbocycles. The monoisotopic (exact) mass is 436 g/mol.